The lowest BCUT2D eigenvalue weighted by molar-refractivity contribution is 0.198. The Hall–Kier alpha value is -1.84. The lowest BCUT2D eigenvalue weighted by atomic mass is 9.92. The van der Waals surface area contributed by atoms with Crippen LogP contribution < -0.4 is 10.5 Å². The Balaban J connectivity index is 1.49. The van der Waals surface area contributed by atoms with E-state index in [1.165, 1.54) is 11.1 Å². The molecule has 3 rings (SSSR count). The summed E-state index contributed by atoms with van der Waals surface area (Å²) in [4.78, 5) is 0. The maximum atomic E-state index is 9.42. The molecular formula is C22H29NO2. The standard InChI is InChI=1S/C22H29NO2/c1-17(25-21-5-3-2-4-6-21)7-8-18-9-11-19(12-10-18)20-13-14-22(23,15-20)16-24/h2-6,9-12,17,20,24H,7-8,13-16,23H2,1H3/t17-,20-,22-/m1/s1. The Morgan fingerprint density at radius 3 is 2.52 bits per heavy atom. The van der Waals surface area contributed by atoms with E-state index in [2.05, 4.69) is 31.2 Å². The van der Waals surface area contributed by atoms with Crippen LogP contribution in [-0.4, -0.2) is 23.4 Å². The number of ether oxygens (including phenoxy) is 1. The average Bonchev–Trinajstić information content (AvgIpc) is 3.04. The van der Waals surface area contributed by atoms with Gasteiger partial charge in [-0.3, -0.25) is 0 Å². The number of aliphatic hydroxyl groups is 1. The molecule has 2 aromatic rings. The van der Waals surface area contributed by atoms with Gasteiger partial charge in [-0.2, -0.15) is 0 Å². The largest absolute Gasteiger partial charge is 0.491 e. The van der Waals surface area contributed by atoms with Crippen molar-refractivity contribution < 1.29 is 9.84 Å². The molecule has 3 N–H and O–H groups in total. The number of aliphatic hydroxyl groups excluding tert-OH is 1. The van der Waals surface area contributed by atoms with Gasteiger partial charge in [0.05, 0.1) is 12.7 Å². The summed E-state index contributed by atoms with van der Waals surface area (Å²) < 4.78 is 5.94. The normalized spacial score (nSPS) is 24.2. The van der Waals surface area contributed by atoms with Gasteiger partial charge in [0.1, 0.15) is 5.75 Å². The molecule has 3 heteroatoms. The molecule has 25 heavy (non-hydrogen) atoms. The fourth-order valence-electron chi connectivity index (χ4n) is 3.70. The number of aryl methyl sites for hydroxylation is 1. The van der Waals surface area contributed by atoms with Gasteiger partial charge in [-0.1, -0.05) is 42.5 Å². The minimum Gasteiger partial charge on any atom is -0.491 e. The fourth-order valence-corrected chi connectivity index (χ4v) is 3.70. The van der Waals surface area contributed by atoms with Crippen LogP contribution >= 0.6 is 0 Å². The maximum absolute atomic E-state index is 9.42. The second-order valence-corrected chi connectivity index (χ2v) is 7.48. The van der Waals surface area contributed by atoms with E-state index >= 15 is 0 Å². The van der Waals surface area contributed by atoms with Crippen LogP contribution in [0.25, 0.3) is 0 Å². The van der Waals surface area contributed by atoms with Gasteiger partial charge in [-0.15, -0.1) is 0 Å². The molecule has 0 unspecified atom stereocenters. The molecule has 1 fully saturated rings. The Morgan fingerprint density at radius 2 is 1.88 bits per heavy atom. The smallest absolute Gasteiger partial charge is 0.119 e. The highest BCUT2D eigenvalue weighted by molar-refractivity contribution is 5.27. The van der Waals surface area contributed by atoms with E-state index in [0.29, 0.717) is 5.92 Å². The molecule has 0 bridgehead atoms. The summed E-state index contributed by atoms with van der Waals surface area (Å²) in [6.45, 7) is 2.20. The van der Waals surface area contributed by atoms with E-state index in [1.807, 2.05) is 30.3 Å². The monoisotopic (exact) mass is 339 g/mol. The maximum Gasteiger partial charge on any atom is 0.119 e. The molecule has 0 radical (unpaired) electrons. The molecular weight excluding hydrogens is 310 g/mol. The van der Waals surface area contributed by atoms with Crippen LogP contribution in [0.4, 0.5) is 0 Å². The van der Waals surface area contributed by atoms with Crippen LogP contribution in [0.15, 0.2) is 54.6 Å². The molecule has 2 aromatic carbocycles. The van der Waals surface area contributed by atoms with E-state index in [4.69, 9.17) is 10.5 Å². The van der Waals surface area contributed by atoms with Gasteiger partial charge in [0.25, 0.3) is 0 Å². The average molecular weight is 339 g/mol. The highest BCUT2D eigenvalue weighted by Gasteiger charge is 2.35. The number of hydrogen-bond acceptors (Lipinski definition) is 3. The highest BCUT2D eigenvalue weighted by atomic mass is 16.5. The summed E-state index contributed by atoms with van der Waals surface area (Å²) in [5, 5.41) is 9.42. The number of hydrogen-bond donors (Lipinski definition) is 2. The Morgan fingerprint density at radius 1 is 1.16 bits per heavy atom. The molecule has 3 atom stereocenters. The van der Waals surface area contributed by atoms with Crippen molar-refractivity contribution in [3.63, 3.8) is 0 Å². The van der Waals surface area contributed by atoms with Gasteiger partial charge < -0.3 is 15.6 Å². The summed E-state index contributed by atoms with van der Waals surface area (Å²) in [6.07, 6.45) is 5.05. The molecule has 0 aromatic heterocycles. The Kier molecular flexibility index (Phi) is 5.77. The molecule has 3 nitrogen and oxygen atoms in total. The number of nitrogens with two attached hydrogens (primary N) is 1. The van der Waals surface area contributed by atoms with Gasteiger partial charge in [-0.25, -0.2) is 0 Å². The van der Waals surface area contributed by atoms with Crippen LogP contribution in [0.1, 0.15) is 49.7 Å². The molecule has 0 spiro atoms. The SMILES string of the molecule is C[C@H](CCc1ccc([C@@H]2CC[C@](N)(CO)C2)cc1)Oc1ccccc1. The number of rotatable bonds is 7. The fraction of sp³-hybridized carbons (Fsp3) is 0.455. The molecule has 1 aliphatic carbocycles. The van der Waals surface area contributed by atoms with Gasteiger partial charge in [0, 0.05) is 5.54 Å². The first-order chi connectivity index (χ1) is 12.1. The molecule has 0 amide bonds. The second-order valence-electron chi connectivity index (χ2n) is 7.48. The van der Waals surface area contributed by atoms with Crippen molar-refractivity contribution in [2.75, 3.05) is 6.61 Å². The zero-order chi connectivity index (χ0) is 17.7. The van der Waals surface area contributed by atoms with Crippen molar-refractivity contribution in [2.45, 2.75) is 56.6 Å². The summed E-state index contributed by atoms with van der Waals surface area (Å²) in [6, 6.07) is 18.9. The molecule has 1 aliphatic rings. The first kappa shape index (κ1) is 18.0. The van der Waals surface area contributed by atoms with E-state index in [-0.39, 0.29) is 18.2 Å². The van der Waals surface area contributed by atoms with Crippen molar-refractivity contribution in [1.82, 2.24) is 0 Å². The minimum absolute atomic E-state index is 0.0842. The molecule has 0 heterocycles. The van der Waals surface area contributed by atoms with E-state index in [0.717, 1.165) is 37.9 Å². The van der Waals surface area contributed by atoms with Crippen molar-refractivity contribution in [3.8, 4) is 5.75 Å². The zero-order valence-corrected chi connectivity index (χ0v) is 15.0. The molecule has 0 aliphatic heterocycles. The summed E-state index contributed by atoms with van der Waals surface area (Å²) in [7, 11) is 0. The summed E-state index contributed by atoms with van der Waals surface area (Å²) in [5.41, 5.74) is 8.50. The lowest BCUT2D eigenvalue weighted by Gasteiger charge is -2.21. The van der Waals surface area contributed by atoms with Crippen LogP contribution in [0.3, 0.4) is 0 Å². The third kappa shape index (κ3) is 4.83. The summed E-state index contributed by atoms with van der Waals surface area (Å²) >= 11 is 0. The van der Waals surface area contributed by atoms with Gasteiger partial charge in [0.2, 0.25) is 0 Å². The van der Waals surface area contributed by atoms with Crippen LogP contribution in [0, 0.1) is 0 Å². The van der Waals surface area contributed by atoms with Crippen LogP contribution in [0.2, 0.25) is 0 Å². The molecule has 1 saturated carbocycles. The first-order valence-electron chi connectivity index (χ1n) is 9.28. The van der Waals surface area contributed by atoms with Crippen molar-refractivity contribution in [3.05, 3.63) is 65.7 Å². The predicted octanol–water partition coefficient (Wildman–Crippen LogP) is 4.04. The summed E-state index contributed by atoms with van der Waals surface area (Å²) in [5.74, 6) is 1.41. The Bertz CT molecular complexity index is 655. The third-order valence-electron chi connectivity index (χ3n) is 5.33. The zero-order valence-electron chi connectivity index (χ0n) is 15.0. The number of benzene rings is 2. The molecule has 0 saturated heterocycles. The van der Waals surface area contributed by atoms with Crippen molar-refractivity contribution in [2.24, 2.45) is 5.73 Å². The highest BCUT2D eigenvalue weighted by Crippen LogP contribution is 2.39. The van der Waals surface area contributed by atoms with Crippen LogP contribution in [0.5, 0.6) is 5.75 Å². The second kappa shape index (κ2) is 8.03. The Labute approximate surface area is 150 Å². The lowest BCUT2D eigenvalue weighted by Crippen LogP contribution is -2.40. The van der Waals surface area contributed by atoms with Crippen molar-refractivity contribution >= 4 is 0 Å². The molecule has 134 valence electrons. The van der Waals surface area contributed by atoms with E-state index in [9.17, 15) is 5.11 Å². The third-order valence-corrected chi connectivity index (χ3v) is 5.33. The first-order valence-corrected chi connectivity index (χ1v) is 9.28. The minimum atomic E-state index is -0.381. The van der Waals surface area contributed by atoms with E-state index < -0.39 is 0 Å². The van der Waals surface area contributed by atoms with Gasteiger partial charge in [-0.05, 0) is 68.2 Å². The van der Waals surface area contributed by atoms with Crippen molar-refractivity contribution in [1.29, 1.82) is 0 Å². The predicted molar refractivity (Wildman–Crippen MR) is 102 cm³/mol. The van der Waals surface area contributed by atoms with Gasteiger partial charge >= 0.3 is 0 Å². The topological polar surface area (TPSA) is 55.5 Å². The van der Waals surface area contributed by atoms with Gasteiger partial charge in [0.15, 0.2) is 0 Å². The number of para-hydroxylation sites is 1. The van der Waals surface area contributed by atoms with E-state index in [1.54, 1.807) is 0 Å². The quantitative estimate of drug-likeness (QED) is 0.800. The van der Waals surface area contributed by atoms with Crippen LogP contribution in [-0.2, 0) is 6.42 Å².